The fourth-order valence-corrected chi connectivity index (χ4v) is 5.37. The van der Waals surface area contributed by atoms with Crippen LogP contribution in [0.5, 0.6) is 0 Å². The van der Waals surface area contributed by atoms with Crippen LogP contribution in [0.25, 0.3) is 33.9 Å². The van der Waals surface area contributed by atoms with Gasteiger partial charge in [0.2, 0.25) is 0 Å². The third-order valence-corrected chi connectivity index (χ3v) is 7.30. The highest BCUT2D eigenvalue weighted by molar-refractivity contribution is 5.87. The second kappa shape index (κ2) is 8.94. The molecule has 6 rings (SSSR count). The summed E-state index contributed by atoms with van der Waals surface area (Å²) in [5, 5.41) is 0. The molecule has 0 fully saturated rings. The molecule has 1 unspecified atom stereocenters. The van der Waals surface area contributed by atoms with Crippen molar-refractivity contribution in [1.29, 1.82) is 0 Å². The molecule has 174 valence electrons. The standard InChI is InChI=1S/C33H27N3/c1-33(29-18-16-26(17-19-29)24-10-6-3-7-11-24)21-28(20-30-31(33)32(34)36-22-35-30)27-14-12-25(13-15-27)23-8-4-2-5-9-23/h2-20,22H,21H2,1H3,(H2,34,35,36). The lowest BCUT2D eigenvalue weighted by Gasteiger charge is -2.36. The molecule has 1 atom stereocenters. The largest absolute Gasteiger partial charge is 0.383 e. The first-order chi connectivity index (χ1) is 17.6. The van der Waals surface area contributed by atoms with Gasteiger partial charge in [0, 0.05) is 11.0 Å². The van der Waals surface area contributed by atoms with Crippen molar-refractivity contribution >= 4 is 17.5 Å². The summed E-state index contributed by atoms with van der Waals surface area (Å²) in [4.78, 5) is 9.00. The van der Waals surface area contributed by atoms with Gasteiger partial charge in [-0.2, -0.15) is 0 Å². The first kappa shape index (κ1) is 22.0. The second-order valence-electron chi connectivity index (χ2n) is 9.58. The molecule has 0 spiro atoms. The Hall–Kier alpha value is -4.50. The zero-order valence-corrected chi connectivity index (χ0v) is 20.2. The smallest absolute Gasteiger partial charge is 0.131 e. The fourth-order valence-electron chi connectivity index (χ4n) is 5.37. The first-order valence-electron chi connectivity index (χ1n) is 12.3. The van der Waals surface area contributed by atoms with E-state index in [2.05, 4.69) is 120 Å². The number of allylic oxidation sites excluding steroid dienone is 1. The van der Waals surface area contributed by atoms with Crippen molar-refractivity contribution in [2.24, 2.45) is 0 Å². The van der Waals surface area contributed by atoms with E-state index in [1.54, 1.807) is 6.33 Å². The van der Waals surface area contributed by atoms with E-state index in [0.29, 0.717) is 5.82 Å². The second-order valence-corrected chi connectivity index (χ2v) is 9.58. The third kappa shape index (κ3) is 3.89. The molecule has 2 N–H and O–H groups in total. The Morgan fingerprint density at radius 2 is 1.11 bits per heavy atom. The minimum absolute atomic E-state index is 0.349. The van der Waals surface area contributed by atoms with E-state index in [0.717, 1.165) is 17.7 Å². The molecule has 0 saturated carbocycles. The summed E-state index contributed by atoms with van der Waals surface area (Å²) in [6, 6.07) is 38.6. The Bertz CT molecular complexity index is 1540. The van der Waals surface area contributed by atoms with Gasteiger partial charge in [-0.1, -0.05) is 116 Å². The third-order valence-electron chi connectivity index (χ3n) is 7.30. The van der Waals surface area contributed by atoms with Gasteiger partial charge in [-0.25, -0.2) is 9.97 Å². The molecule has 4 aromatic carbocycles. The number of fused-ring (bicyclic) bond motifs is 1. The van der Waals surface area contributed by atoms with E-state index in [1.807, 2.05) is 12.1 Å². The summed E-state index contributed by atoms with van der Waals surface area (Å²) in [6.07, 6.45) is 4.54. The summed E-state index contributed by atoms with van der Waals surface area (Å²) in [5.41, 5.74) is 16.5. The highest BCUT2D eigenvalue weighted by Crippen LogP contribution is 2.48. The van der Waals surface area contributed by atoms with Gasteiger partial charge in [-0.15, -0.1) is 0 Å². The van der Waals surface area contributed by atoms with E-state index >= 15 is 0 Å². The molecule has 5 aromatic rings. The van der Waals surface area contributed by atoms with E-state index in [1.165, 1.54) is 39.0 Å². The molecular formula is C33H27N3. The minimum atomic E-state index is -0.349. The van der Waals surface area contributed by atoms with Crippen LogP contribution in [-0.4, -0.2) is 9.97 Å². The van der Waals surface area contributed by atoms with E-state index in [9.17, 15) is 0 Å². The van der Waals surface area contributed by atoms with Crippen molar-refractivity contribution in [1.82, 2.24) is 9.97 Å². The van der Waals surface area contributed by atoms with Gasteiger partial charge in [0.1, 0.15) is 12.1 Å². The number of benzene rings is 4. The Morgan fingerprint density at radius 3 is 1.69 bits per heavy atom. The zero-order chi connectivity index (χ0) is 24.5. The minimum Gasteiger partial charge on any atom is -0.383 e. The number of nitrogens with zero attached hydrogens (tertiary/aromatic N) is 2. The molecule has 0 aliphatic heterocycles. The van der Waals surface area contributed by atoms with Crippen LogP contribution in [0.4, 0.5) is 5.82 Å². The molecule has 1 aliphatic rings. The number of hydrogen-bond donors (Lipinski definition) is 1. The van der Waals surface area contributed by atoms with Crippen molar-refractivity contribution in [3.63, 3.8) is 0 Å². The number of anilines is 1. The van der Waals surface area contributed by atoms with Crippen LogP contribution in [0.3, 0.4) is 0 Å². The lowest BCUT2D eigenvalue weighted by molar-refractivity contribution is 0.579. The van der Waals surface area contributed by atoms with Crippen LogP contribution in [0.1, 0.15) is 35.7 Å². The van der Waals surface area contributed by atoms with Crippen molar-refractivity contribution in [2.75, 3.05) is 5.73 Å². The number of hydrogen-bond acceptors (Lipinski definition) is 3. The van der Waals surface area contributed by atoms with Crippen molar-refractivity contribution in [2.45, 2.75) is 18.8 Å². The lowest BCUT2D eigenvalue weighted by Crippen LogP contribution is -2.30. The fraction of sp³-hybridized carbons (Fsp3) is 0.0909. The van der Waals surface area contributed by atoms with Gasteiger partial charge in [0.15, 0.2) is 0 Å². The molecule has 36 heavy (non-hydrogen) atoms. The number of nitrogen functional groups attached to an aromatic ring is 1. The van der Waals surface area contributed by atoms with E-state index < -0.39 is 0 Å². The van der Waals surface area contributed by atoms with Gasteiger partial charge < -0.3 is 5.73 Å². The SMILES string of the molecule is CC1(c2ccc(-c3ccccc3)cc2)CC(c2ccc(-c3ccccc3)cc2)=Cc2ncnc(N)c21. The van der Waals surface area contributed by atoms with Gasteiger partial charge >= 0.3 is 0 Å². The molecule has 3 nitrogen and oxygen atoms in total. The number of nitrogens with two attached hydrogens (primary N) is 1. The van der Waals surface area contributed by atoms with E-state index in [-0.39, 0.29) is 5.41 Å². The maximum Gasteiger partial charge on any atom is 0.131 e. The van der Waals surface area contributed by atoms with Crippen molar-refractivity contribution in [3.05, 3.63) is 138 Å². The first-order valence-corrected chi connectivity index (χ1v) is 12.3. The van der Waals surface area contributed by atoms with Crippen LogP contribution in [0.15, 0.2) is 116 Å². The quantitative estimate of drug-likeness (QED) is 0.297. The normalized spacial score (nSPS) is 16.8. The van der Waals surface area contributed by atoms with Crippen LogP contribution < -0.4 is 5.73 Å². The van der Waals surface area contributed by atoms with Crippen LogP contribution in [0, 0.1) is 0 Å². The number of rotatable bonds is 4. The Kier molecular flexibility index (Phi) is 5.46. The zero-order valence-electron chi connectivity index (χ0n) is 20.2. The van der Waals surface area contributed by atoms with E-state index in [4.69, 9.17) is 5.73 Å². The summed E-state index contributed by atoms with van der Waals surface area (Å²) in [5.74, 6) is 0.546. The maximum atomic E-state index is 6.46. The summed E-state index contributed by atoms with van der Waals surface area (Å²) in [7, 11) is 0. The molecule has 0 saturated heterocycles. The van der Waals surface area contributed by atoms with Crippen LogP contribution >= 0.6 is 0 Å². The van der Waals surface area contributed by atoms with Crippen LogP contribution in [-0.2, 0) is 5.41 Å². The van der Waals surface area contributed by atoms with Gasteiger partial charge in [-0.05, 0) is 51.5 Å². The predicted octanol–water partition coefficient (Wildman–Crippen LogP) is 7.64. The Labute approximate surface area is 212 Å². The van der Waals surface area contributed by atoms with Crippen molar-refractivity contribution < 1.29 is 0 Å². The van der Waals surface area contributed by atoms with Gasteiger partial charge in [-0.3, -0.25) is 0 Å². The maximum absolute atomic E-state index is 6.46. The highest BCUT2D eigenvalue weighted by Gasteiger charge is 2.38. The molecule has 1 aromatic heterocycles. The summed E-state index contributed by atoms with van der Waals surface area (Å²) in [6.45, 7) is 2.26. The van der Waals surface area contributed by atoms with Gasteiger partial charge in [0.25, 0.3) is 0 Å². The summed E-state index contributed by atoms with van der Waals surface area (Å²) < 4.78 is 0. The molecule has 0 bridgehead atoms. The monoisotopic (exact) mass is 465 g/mol. The molecule has 1 heterocycles. The summed E-state index contributed by atoms with van der Waals surface area (Å²) >= 11 is 0. The molecule has 3 heteroatoms. The lowest BCUT2D eigenvalue weighted by atomic mass is 9.67. The topological polar surface area (TPSA) is 51.8 Å². The Morgan fingerprint density at radius 1 is 0.611 bits per heavy atom. The van der Waals surface area contributed by atoms with Crippen LogP contribution in [0.2, 0.25) is 0 Å². The average Bonchev–Trinajstić information content (AvgIpc) is 2.94. The molecule has 1 aliphatic carbocycles. The van der Waals surface area contributed by atoms with Crippen molar-refractivity contribution in [3.8, 4) is 22.3 Å². The average molecular weight is 466 g/mol. The molecular weight excluding hydrogens is 438 g/mol. The highest BCUT2D eigenvalue weighted by atomic mass is 14.9. The molecule has 0 amide bonds. The molecule has 0 radical (unpaired) electrons. The number of aromatic nitrogens is 2. The van der Waals surface area contributed by atoms with Gasteiger partial charge in [0.05, 0.1) is 5.69 Å². The Balaban J connectivity index is 1.40. The predicted molar refractivity (Wildman–Crippen MR) is 149 cm³/mol.